The molecule has 2 N–H and O–H groups in total. The van der Waals surface area contributed by atoms with E-state index in [2.05, 4.69) is 31.2 Å². The molecule has 2 atom stereocenters. The lowest BCUT2D eigenvalue weighted by atomic mass is 9.81. The molecule has 1 fully saturated rings. The van der Waals surface area contributed by atoms with Gasteiger partial charge in [-0.3, -0.25) is 4.55 Å². The van der Waals surface area contributed by atoms with Gasteiger partial charge in [-0.05, 0) is 47.1 Å². The molecule has 2 unspecified atom stereocenters. The number of rotatable bonds is 6. The van der Waals surface area contributed by atoms with Crippen LogP contribution in [0.25, 0.3) is 0 Å². The van der Waals surface area contributed by atoms with Gasteiger partial charge in [0.2, 0.25) is 0 Å². The van der Waals surface area contributed by atoms with E-state index in [1.165, 1.54) is 23.6 Å². The fourth-order valence-electron chi connectivity index (χ4n) is 5.04. The van der Waals surface area contributed by atoms with Crippen molar-refractivity contribution in [3.05, 3.63) is 94.5 Å². The third-order valence-electron chi connectivity index (χ3n) is 7.18. The quantitative estimate of drug-likeness (QED) is 0.386. The van der Waals surface area contributed by atoms with Crippen LogP contribution in [0, 0.1) is 0 Å². The summed E-state index contributed by atoms with van der Waals surface area (Å²) in [6, 6.07) is 22.0. The summed E-state index contributed by atoms with van der Waals surface area (Å²) in [5.74, 6) is -0.0777. The van der Waals surface area contributed by atoms with Gasteiger partial charge in [0.05, 0.1) is 0 Å². The van der Waals surface area contributed by atoms with E-state index in [9.17, 15) is 18.1 Å². The van der Waals surface area contributed by atoms with Gasteiger partial charge in [0.25, 0.3) is 10.1 Å². The predicted octanol–water partition coefficient (Wildman–Crippen LogP) is 6.99. The highest BCUT2D eigenvalue weighted by Gasteiger charge is 2.26. The molecular weight excluding hydrogens is 432 g/mol. The predicted molar refractivity (Wildman–Crippen MR) is 132 cm³/mol. The van der Waals surface area contributed by atoms with Gasteiger partial charge < -0.3 is 5.11 Å². The van der Waals surface area contributed by atoms with Crippen LogP contribution in [-0.2, 0) is 10.1 Å². The number of phenolic OH excluding ortho intramolecular Hbond substituents is 1. The zero-order chi connectivity index (χ0) is 23.6. The van der Waals surface area contributed by atoms with E-state index in [0.717, 1.165) is 36.8 Å². The maximum atomic E-state index is 12.0. The first kappa shape index (κ1) is 23.5. The van der Waals surface area contributed by atoms with Crippen LogP contribution >= 0.6 is 0 Å². The van der Waals surface area contributed by atoms with Crippen LogP contribution in [0.4, 0.5) is 0 Å². The Labute approximate surface area is 197 Å². The molecule has 3 aromatic carbocycles. The average molecular weight is 465 g/mol. The summed E-state index contributed by atoms with van der Waals surface area (Å²) in [5.41, 5.74) is 4.84. The Bertz CT molecular complexity index is 1190. The van der Waals surface area contributed by atoms with E-state index in [1.54, 1.807) is 0 Å². The highest BCUT2D eigenvalue weighted by molar-refractivity contribution is 7.86. The van der Waals surface area contributed by atoms with Crippen molar-refractivity contribution in [3.8, 4) is 5.75 Å². The molecular formula is C28H32O4S. The largest absolute Gasteiger partial charge is 0.506 e. The smallest absolute Gasteiger partial charge is 0.298 e. The molecule has 0 aromatic heterocycles. The van der Waals surface area contributed by atoms with E-state index in [0.29, 0.717) is 5.56 Å². The van der Waals surface area contributed by atoms with E-state index >= 15 is 0 Å². The Morgan fingerprint density at radius 3 is 1.91 bits per heavy atom. The standard InChI is InChI=1S/C28H32O4S/c1-19(21-9-5-3-6-10-21)22-13-15-23(16-14-22)20(2)26-17-25(24-11-7-4-8-12-24)18-27(28(26)29)33(30,31)32/h3,5-6,9-10,13-20,24,29H,4,7-8,11-12H2,1-2H3,(H,30,31,32). The number of benzene rings is 3. The van der Waals surface area contributed by atoms with Crippen molar-refractivity contribution in [2.75, 3.05) is 0 Å². The summed E-state index contributed by atoms with van der Waals surface area (Å²) in [5, 5.41) is 10.8. The monoisotopic (exact) mass is 464 g/mol. The van der Waals surface area contributed by atoms with E-state index in [1.807, 2.05) is 43.3 Å². The Morgan fingerprint density at radius 1 is 0.788 bits per heavy atom. The normalized spacial score (nSPS) is 16.9. The van der Waals surface area contributed by atoms with Crippen LogP contribution in [0.3, 0.4) is 0 Å². The van der Waals surface area contributed by atoms with Crippen molar-refractivity contribution in [1.29, 1.82) is 0 Å². The Hall–Kier alpha value is -2.63. The minimum Gasteiger partial charge on any atom is -0.506 e. The Balaban J connectivity index is 1.69. The third kappa shape index (κ3) is 5.15. The van der Waals surface area contributed by atoms with Crippen LogP contribution in [-0.4, -0.2) is 18.1 Å². The second-order valence-corrected chi connectivity index (χ2v) is 10.7. The molecule has 1 aliphatic rings. The first-order valence-corrected chi connectivity index (χ1v) is 13.2. The third-order valence-corrected chi connectivity index (χ3v) is 8.05. The topological polar surface area (TPSA) is 74.6 Å². The fourth-order valence-corrected chi connectivity index (χ4v) is 5.68. The summed E-state index contributed by atoms with van der Waals surface area (Å²) in [6.07, 6.45) is 5.40. The lowest BCUT2D eigenvalue weighted by Crippen LogP contribution is -2.09. The molecule has 0 amide bonds. The number of phenols is 1. The van der Waals surface area contributed by atoms with E-state index < -0.39 is 10.1 Å². The number of hydrogen-bond donors (Lipinski definition) is 2. The van der Waals surface area contributed by atoms with Crippen molar-refractivity contribution in [1.82, 2.24) is 0 Å². The van der Waals surface area contributed by atoms with Crippen LogP contribution in [0.2, 0.25) is 0 Å². The molecule has 0 aliphatic heterocycles. The highest BCUT2D eigenvalue weighted by atomic mass is 32.2. The summed E-state index contributed by atoms with van der Waals surface area (Å²) in [4.78, 5) is -0.387. The minimum atomic E-state index is -4.53. The van der Waals surface area contributed by atoms with E-state index in [4.69, 9.17) is 0 Å². The molecule has 1 aliphatic carbocycles. The molecule has 0 spiro atoms. The second kappa shape index (κ2) is 9.70. The van der Waals surface area contributed by atoms with Gasteiger partial charge in [-0.25, -0.2) is 0 Å². The molecule has 4 nitrogen and oxygen atoms in total. The molecule has 174 valence electrons. The Kier molecular flexibility index (Phi) is 6.91. The minimum absolute atomic E-state index is 0.227. The summed E-state index contributed by atoms with van der Waals surface area (Å²) in [6.45, 7) is 4.13. The Morgan fingerprint density at radius 2 is 1.33 bits per heavy atom. The fraction of sp³-hybridized carbons (Fsp3) is 0.357. The summed E-state index contributed by atoms with van der Waals surface area (Å²) < 4.78 is 33.9. The van der Waals surface area contributed by atoms with Crippen LogP contribution in [0.15, 0.2) is 71.6 Å². The summed E-state index contributed by atoms with van der Waals surface area (Å²) >= 11 is 0. The van der Waals surface area contributed by atoms with Crippen LogP contribution in [0.1, 0.15) is 91.5 Å². The zero-order valence-corrected chi connectivity index (χ0v) is 20.1. The second-order valence-electron chi connectivity index (χ2n) is 9.29. The maximum Gasteiger partial charge on any atom is 0.298 e. The van der Waals surface area contributed by atoms with Gasteiger partial charge in [-0.2, -0.15) is 8.42 Å². The average Bonchev–Trinajstić information content (AvgIpc) is 2.84. The lowest BCUT2D eigenvalue weighted by Gasteiger charge is -2.25. The van der Waals surface area contributed by atoms with Gasteiger partial charge in [-0.1, -0.05) is 93.8 Å². The highest BCUT2D eigenvalue weighted by Crippen LogP contribution is 2.41. The molecule has 4 rings (SSSR count). The van der Waals surface area contributed by atoms with Crippen molar-refractivity contribution in [2.24, 2.45) is 0 Å². The van der Waals surface area contributed by atoms with Gasteiger partial charge in [0.1, 0.15) is 10.6 Å². The first-order chi connectivity index (χ1) is 15.8. The lowest BCUT2D eigenvalue weighted by molar-refractivity contribution is 0.427. The van der Waals surface area contributed by atoms with Crippen LogP contribution < -0.4 is 0 Å². The molecule has 0 bridgehead atoms. The molecule has 33 heavy (non-hydrogen) atoms. The molecule has 0 saturated heterocycles. The van der Waals surface area contributed by atoms with Gasteiger partial charge in [-0.15, -0.1) is 0 Å². The summed E-state index contributed by atoms with van der Waals surface area (Å²) in [7, 11) is -4.53. The van der Waals surface area contributed by atoms with Gasteiger partial charge in [0.15, 0.2) is 0 Å². The molecule has 5 heteroatoms. The number of aromatic hydroxyl groups is 1. The SMILES string of the molecule is CC(c1ccccc1)c1ccc(C(C)c2cc(C3CCCCC3)cc(S(=O)(=O)O)c2O)cc1. The maximum absolute atomic E-state index is 12.0. The van der Waals surface area contributed by atoms with Gasteiger partial charge in [0, 0.05) is 17.4 Å². The van der Waals surface area contributed by atoms with Crippen LogP contribution in [0.5, 0.6) is 5.75 Å². The van der Waals surface area contributed by atoms with Crippen molar-refractivity contribution in [3.63, 3.8) is 0 Å². The van der Waals surface area contributed by atoms with Crippen molar-refractivity contribution < 1.29 is 18.1 Å². The first-order valence-electron chi connectivity index (χ1n) is 11.7. The van der Waals surface area contributed by atoms with E-state index in [-0.39, 0.29) is 28.4 Å². The number of hydrogen-bond acceptors (Lipinski definition) is 3. The molecule has 0 radical (unpaired) electrons. The molecule has 3 aromatic rings. The van der Waals surface area contributed by atoms with Gasteiger partial charge >= 0.3 is 0 Å². The van der Waals surface area contributed by atoms with Crippen molar-refractivity contribution >= 4 is 10.1 Å². The molecule has 1 saturated carbocycles. The molecule has 0 heterocycles. The zero-order valence-electron chi connectivity index (χ0n) is 19.2. The van der Waals surface area contributed by atoms with Crippen molar-refractivity contribution in [2.45, 2.75) is 68.6 Å².